The number of carbonyl (C=O) groups excluding carboxylic acids is 2. The van der Waals surface area contributed by atoms with Gasteiger partial charge in [-0.3, -0.25) is 14.5 Å². The van der Waals surface area contributed by atoms with Gasteiger partial charge in [-0.25, -0.2) is 8.78 Å². The van der Waals surface area contributed by atoms with Gasteiger partial charge in [0.1, 0.15) is 0 Å². The number of nitrogens with one attached hydrogen (secondary N) is 1. The summed E-state index contributed by atoms with van der Waals surface area (Å²) < 4.78 is 25.9. The monoisotopic (exact) mass is 325 g/mol. The smallest absolute Gasteiger partial charge is 0.238 e. The predicted octanol–water partition coefficient (Wildman–Crippen LogP) is 1.70. The van der Waals surface area contributed by atoms with E-state index in [1.54, 1.807) is 4.90 Å². The molecule has 23 heavy (non-hydrogen) atoms. The lowest BCUT2D eigenvalue weighted by Crippen LogP contribution is -2.51. The first-order chi connectivity index (χ1) is 10.9. The molecule has 1 heterocycles. The fourth-order valence-corrected chi connectivity index (χ4v) is 2.47. The van der Waals surface area contributed by atoms with Crippen molar-refractivity contribution in [3.05, 3.63) is 29.8 Å². The van der Waals surface area contributed by atoms with E-state index in [0.29, 0.717) is 26.2 Å². The number of rotatable bonds is 4. The Morgan fingerprint density at radius 1 is 1.13 bits per heavy atom. The van der Waals surface area contributed by atoms with Crippen LogP contribution in [-0.2, 0) is 9.59 Å². The van der Waals surface area contributed by atoms with E-state index in [4.69, 9.17) is 0 Å². The molecular formula is C16H21F2N3O2. The Kier molecular flexibility index (Phi) is 5.65. The highest BCUT2D eigenvalue weighted by Gasteiger charge is 2.23. The molecule has 0 atom stereocenters. The number of benzene rings is 1. The van der Waals surface area contributed by atoms with E-state index < -0.39 is 11.6 Å². The number of piperazine rings is 1. The minimum absolute atomic E-state index is 0.0294. The summed E-state index contributed by atoms with van der Waals surface area (Å²) in [5.74, 6) is -2.15. The topological polar surface area (TPSA) is 52.7 Å². The maximum atomic E-state index is 13.1. The number of halogens is 2. The molecule has 0 bridgehead atoms. The van der Waals surface area contributed by atoms with E-state index in [-0.39, 0.29) is 30.0 Å². The van der Waals surface area contributed by atoms with E-state index in [1.807, 2.05) is 18.7 Å². The molecule has 0 aliphatic carbocycles. The van der Waals surface area contributed by atoms with Crippen LogP contribution < -0.4 is 5.32 Å². The summed E-state index contributed by atoms with van der Waals surface area (Å²) in [6, 6.07) is 3.24. The molecule has 1 saturated heterocycles. The van der Waals surface area contributed by atoms with E-state index in [9.17, 15) is 18.4 Å². The van der Waals surface area contributed by atoms with Crippen LogP contribution in [0.2, 0.25) is 0 Å². The van der Waals surface area contributed by atoms with Crippen LogP contribution in [0, 0.1) is 17.6 Å². The van der Waals surface area contributed by atoms with Crippen molar-refractivity contribution in [3.8, 4) is 0 Å². The molecule has 1 aromatic rings. The molecule has 1 N–H and O–H groups in total. The Hall–Kier alpha value is -2.02. The molecule has 126 valence electrons. The zero-order chi connectivity index (χ0) is 17.0. The predicted molar refractivity (Wildman–Crippen MR) is 82.8 cm³/mol. The van der Waals surface area contributed by atoms with Crippen molar-refractivity contribution in [2.45, 2.75) is 13.8 Å². The van der Waals surface area contributed by atoms with Crippen LogP contribution in [-0.4, -0.2) is 54.3 Å². The van der Waals surface area contributed by atoms with Gasteiger partial charge in [0.05, 0.1) is 6.54 Å². The van der Waals surface area contributed by atoms with Gasteiger partial charge in [-0.15, -0.1) is 0 Å². The number of nitrogens with zero attached hydrogens (tertiary/aromatic N) is 2. The standard InChI is InChI=1S/C16H21F2N3O2/c1-11(2)16(23)21-7-5-20(6-8-21)10-15(22)19-12-3-4-13(17)14(18)9-12/h3-4,9,11H,5-8,10H2,1-2H3,(H,19,22). The number of amides is 2. The molecule has 1 fully saturated rings. The zero-order valence-electron chi connectivity index (χ0n) is 13.3. The van der Waals surface area contributed by atoms with E-state index in [0.717, 1.165) is 12.1 Å². The molecule has 7 heteroatoms. The van der Waals surface area contributed by atoms with Crippen molar-refractivity contribution in [1.29, 1.82) is 0 Å². The second-order valence-electron chi connectivity index (χ2n) is 5.93. The highest BCUT2D eigenvalue weighted by Crippen LogP contribution is 2.13. The Bertz CT molecular complexity index is 585. The zero-order valence-corrected chi connectivity index (χ0v) is 13.3. The fourth-order valence-electron chi connectivity index (χ4n) is 2.47. The summed E-state index contributed by atoms with van der Waals surface area (Å²) >= 11 is 0. The number of carbonyl (C=O) groups is 2. The molecule has 2 rings (SSSR count). The Labute approximate surface area is 134 Å². The van der Waals surface area contributed by atoms with E-state index >= 15 is 0 Å². The normalized spacial score (nSPS) is 15.8. The van der Waals surface area contributed by atoms with Gasteiger partial charge in [0, 0.05) is 43.9 Å². The van der Waals surface area contributed by atoms with Crippen molar-refractivity contribution < 1.29 is 18.4 Å². The van der Waals surface area contributed by atoms with Gasteiger partial charge in [-0.2, -0.15) is 0 Å². The van der Waals surface area contributed by atoms with Crippen LogP contribution in [0.15, 0.2) is 18.2 Å². The molecule has 0 spiro atoms. The van der Waals surface area contributed by atoms with Gasteiger partial charge in [-0.1, -0.05) is 13.8 Å². The van der Waals surface area contributed by atoms with Gasteiger partial charge in [0.15, 0.2) is 11.6 Å². The molecule has 1 aliphatic heterocycles. The molecule has 5 nitrogen and oxygen atoms in total. The van der Waals surface area contributed by atoms with Crippen molar-refractivity contribution in [1.82, 2.24) is 9.80 Å². The van der Waals surface area contributed by atoms with Crippen molar-refractivity contribution in [2.24, 2.45) is 5.92 Å². The maximum Gasteiger partial charge on any atom is 0.238 e. The van der Waals surface area contributed by atoms with Crippen LogP contribution in [0.1, 0.15) is 13.8 Å². The lowest BCUT2D eigenvalue weighted by atomic mass is 10.1. The largest absolute Gasteiger partial charge is 0.340 e. The molecule has 0 unspecified atom stereocenters. The lowest BCUT2D eigenvalue weighted by Gasteiger charge is -2.35. The van der Waals surface area contributed by atoms with Crippen LogP contribution in [0.25, 0.3) is 0 Å². The summed E-state index contributed by atoms with van der Waals surface area (Å²) in [5.41, 5.74) is 0.225. The highest BCUT2D eigenvalue weighted by molar-refractivity contribution is 5.92. The quantitative estimate of drug-likeness (QED) is 0.917. The summed E-state index contributed by atoms with van der Waals surface area (Å²) in [6.45, 7) is 6.30. The third kappa shape index (κ3) is 4.72. The second kappa shape index (κ2) is 7.50. The molecule has 0 aromatic heterocycles. The van der Waals surface area contributed by atoms with Crippen molar-refractivity contribution in [3.63, 3.8) is 0 Å². The van der Waals surface area contributed by atoms with Gasteiger partial charge >= 0.3 is 0 Å². The first-order valence-electron chi connectivity index (χ1n) is 7.63. The Morgan fingerprint density at radius 3 is 2.35 bits per heavy atom. The number of hydrogen-bond acceptors (Lipinski definition) is 3. The second-order valence-corrected chi connectivity index (χ2v) is 5.93. The highest BCUT2D eigenvalue weighted by atomic mass is 19.2. The van der Waals surface area contributed by atoms with Crippen LogP contribution in [0.4, 0.5) is 14.5 Å². The first kappa shape index (κ1) is 17.3. The molecule has 0 saturated carbocycles. The van der Waals surface area contributed by atoms with Crippen LogP contribution in [0.5, 0.6) is 0 Å². The van der Waals surface area contributed by atoms with Gasteiger partial charge in [0.25, 0.3) is 0 Å². The van der Waals surface area contributed by atoms with E-state index in [1.165, 1.54) is 6.07 Å². The van der Waals surface area contributed by atoms with Crippen molar-refractivity contribution in [2.75, 3.05) is 38.0 Å². The number of hydrogen-bond donors (Lipinski definition) is 1. The molecule has 1 aromatic carbocycles. The molecule has 1 aliphatic rings. The molecule has 2 amide bonds. The van der Waals surface area contributed by atoms with Gasteiger partial charge in [0.2, 0.25) is 11.8 Å². The minimum atomic E-state index is -0.997. The van der Waals surface area contributed by atoms with Gasteiger partial charge < -0.3 is 10.2 Å². The average molecular weight is 325 g/mol. The summed E-state index contributed by atoms with van der Waals surface area (Å²) in [5, 5.41) is 2.54. The minimum Gasteiger partial charge on any atom is -0.340 e. The van der Waals surface area contributed by atoms with E-state index in [2.05, 4.69) is 5.32 Å². The molecular weight excluding hydrogens is 304 g/mol. The third-order valence-electron chi connectivity index (χ3n) is 3.75. The molecule has 0 radical (unpaired) electrons. The van der Waals surface area contributed by atoms with Gasteiger partial charge in [-0.05, 0) is 12.1 Å². The Balaban J connectivity index is 1.80. The summed E-state index contributed by atoms with van der Waals surface area (Å²) in [4.78, 5) is 27.6. The summed E-state index contributed by atoms with van der Waals surface area (Å²) in [7, 11) is 0. The van der Waals surface area contributed by atoms with Crippen LogP contribution >= 0.6 is 0 Å². The maximum absolute atomic E-state index is 13.1. The Morgan fingerprint density at radius 2 is 1.78 bits per heavy atom. The fraction of sp³-hybridized carbons (Fsp3) is 0.500. The SMILES string of the molecule is CC(C)C(=O)N1CCN(CC(=O)Nc2ccc(F)c(F)c2)CC1. The van der Waals surface area contributed by atoms with Crippen LogP contribution in [0.3, 0.4) is 0 Å². The third-order valence-corrected chi connectivity index (χ3v) is 3.75. The lowest BCUT2D eigenvalue weighted by molar-refractivity contribution is -0.136. The number of anilines is 1. The summed E-state index contributed by atoms with van der Waals surface area (Å²) in [6.07, 6.45) is 0. The average Bonchev–Trinajstić information content (AvgIpc) is 2.51. The first-order valence-corrected chi connectivity index (χ1v) is 7.63. The van der Waals surface area contributed by atoms with Crippen molar-refractivity contribution >= 4 is 17.5 Å².